The van der Waals surface area contributed by atoms with E-state index in [0.717, 1.165) is 12.8 Å². The van der Waals surface area contributed by atoms with Crippen LogP contribution in [0.15, 0.2) is 6.20 Å². The van der Waals surface area contributed by atoms with Crippen LogP contribution in [0, 0.1) is 0 Å². The molecule has 0 atom stereocenters. The zero-order valence-electron chi connectivity index (χ0n) is 12.4. The highest BCUT2D eigenvalue weighted by Gasteiger charge is 2.36. The molecule has 8 nitrogen and oxygen atoms in total. The largest absolute Gasteiger partial charge is 0.476 e. The van der Waals surface area contributed by atoms with Crippen LogP contribution in [0.4, 0.5) is 0 Å². The molecule has 1 aliphatic carbocycles. The number of hydrogen-bond donors (Lipinski definition) is 2. The van der Waals surface area contributed by atoms with Crippen LogP contribution < -0.4 is 5.32 Å². The first-order valence-electron chi connectivity index (χ1n) is 7.00. The molecule has 2 N–H and O–H groups in total. The van der Waals surface area contributed by atoms with Crippen LogP contribution in [-0.4, -0.2) is 63.1 Å². The van der Waals surface area contributed by atoms with E-state index in [1.165, 1.54) is 23.7 Å². The van der Waals surface area contributed by atoms with E-state index < -0.39 is 5.97 Å². The van der Waals surface area contributed by atoms with Gasteiger partial charge in [-0.2, -0.15) is 0 Å². The van der Waals surface area contributed by atoms with Crippen molar-refractivity contribution in [1.29, 1.82) is 0 Å². The summed E-state index contributed by atoms with van der Waals surface area (Å²) in [6.07, 6.45) is 5.76. The molecule has 2 rings (SSSR count). The fourth-order valence-electron chi connectivity index (χ4n) is 2.76. The molecule has 1 aromatic heterocycles. The molecule has 0 spiro atoms. The molecule has 1 fully saturated rings. The van der Waals surface area contributed by atoms with E-state index in [4.69, 9.17) is 5.11 Å². The molecule has 1 heterocycles. The van der Waals surface area contributed by atoms with Gasteiger partial charge in [0.2, 0.25) is 5.91 Å². The third-order valence-corrected chi connectivity index (χ3v) is 4.16. The fraction of sp³-hybridized carbons (Fsp3) is 0.692. The number of nitrogens with one attached hydrogen (secondary N) is 1. The van der Waals surface area contributed by atoms with Gasteiger partial charge in [0.15, 0.2) is 5.69 Å². The number of carboxylic acid groups (broad SMARTS) is 1. The Balaban J connectivity index is 1.88. The third-order valence-electron chi connectivity index (χ3n) is 4.16. The summed E-state index contributed by atoms with van der Waals surface area (Å²) < 4.78 is 1.23. The smallest absolute Gasteiger partial charge is 0.358 e. The lowest BCUT2D eigenvalue weighted by Crippen LogP contribution is -2.51. The lowest BCUT2D eigenvalue weighted by atomic mass is 9.96. The standard InChI is InChI=1S/C13H21N5O3/c1-17(2)13(5-3-4-6-13)9-14-11(19)8-18-7-10(12(20)21)15-16-18/h7H,3-6,8-9H2,1-2H3,(H,14,19)(H,20,21). The summed E-state index contributed by atoms with van der Waals surface area (Å²) in [5.74, 6) is -1.34. The van der Waals surface area contributed by atoms with Gasteiger partial charge in [0.25, 0.3) is 0 Å². The summed E-state index contributed by atoms with van der Waals surface area (Å²) >= 11 is 0. The number of hydrogen-bond acceptors (Lipinski definition) is 5. The summed E-state index contributed by atoms with van der Waals surface area (Å²) in [5, 5.41) is 18.8. The van der Waals surface area contributed by atoms with E-state index in [1.807, 2.05) is 14.1 Å². The number of aromatic nitrogens is 3. The highest BCUT2D eigenvalue weighted by Crippen LogP contribution is 2.32. The lowest BCUT2D eigenvalue weighted by Gasteiger charge is -2.36. The van der Waals surface area contributed by atoms with Crippen LogP contribution in [-0.2, 0) is 11.3 Å². The van der Waals surface area contributed by atoms with Gasteiger partial charge < -0.3 is 15.3 Å². The quantitative estimate of drug-likeness (QED) is 0.764. The molecule has 1 aliphatic rings. The number of amides is 1. The average Bonchev–Trinajstić information content (AvgIpc) is 3.05. The van der Waals surface area contributed by atoms with E-state index in [1.54, 1.807) is 0 Å². The molecular formula is C13H21N5O3. The predicted molar refractivity (Wildman–Crippen MR) is 74.9 cm³/mol. The molecule has 1 aromatic rings. The average molecular weight is 295 g/mol. The SMILES string of the molecule is CN(C)C1(CNC(=O)Cn2cc(C(=O)O)nn2)CCCC1. The maximum Gasteiger partial charge on any atom is 0.358 e. The second-order valence-electron chi connectivity index (χ2n) is 5.71. The van der Waals surface area contributed by atoms with Gasteiger partial charge in [-0.25, -0.2) is 9.48 Å². The Morgan fingerprint density at radius 1 is 1.43 bits per heavy atom. The Labute approximate surface area is 123 Å². The molecule has 0 aromatic carbocycles. The zero-order valence-corrected chi connectivity index (χ0v) is 12.4. The van der Waals surface area contributed by atoms with Gasteiger partial charge in [0.05, 0.1) is 6.20 Å². The van der Waals surface area contributed by atoms with E-state index >= 15 is 0 Å². The van der Waals surface area contributed by atoms with Crippen molar-refractivity contribution in [3.8, 4) is 0 Å². The molecule has 116 valence electrons. The van der Waals surface area contributed by atoms with Crippen molar-refractivity contribution in [2.75, 3.05) is 20.6 Å². The molecular weight excluding hydrogens is 274 g/mol. The molecule has 1 saturated carbocycles. The minimum absolute atomic E-state index is 0.0240. The molecule has 21 heavy (non-hydrogen) atoms. The topological polar surface area (TPSA) is 100 Å². The predicted octanol–water partition coefficient (Wildman–Crippen LogP) is -0.0331. The van der Waals surface area contributed by atoms with Crippen LogP contribution in [0.3, 0.4) is 0 Å². The monoisotopic (exact) mass is 295 g/mol. The number of rotatable bonds is 6. The molecule has 0 saturated heterocycles. The van der Waals surface area contributed by atoms with Gasteiger partial charge in [0.1, 0.15) is 6.54 Å². The van der Waals surface area contributed by atoms with Crippen molar-refractivity contribution < 1.29 is 14.7 Å². The highest BCUT2D eigenvalue weighted by molar-refractivity contribution is 5.84. The van der Waals surface area contributed by atoms with E-state index in [2.05, 4.69) is 20.5 Å². The minimum atomic E-state index is -1.15. The maximum atomic E-state index is 11.9. The summed E-state index contributed by atoms with van der Waals surface area (Å²) in [6.45, 7) is 0.573. The minimum Gasteiger partial charge on any atom is -0.476 e. The van der Waals surface area contributed by atoms with Crippen LogP contribution in [0.2, 0.25) is 0 Å². The molecule has 0 bridgehead atoms. The van der Waals surface area contributed by atoms with Crippen LogP contribution in [0.5, 0.6) is 0 Å². The summed E-state index contributed by atoms with van der Waals surface area (Å²) in [7, 11) is 4.07. The van der Waals surface area contributed by atoms with E-state index in [-0.39, 0.29) is 23.7 Å². The first kappa shape index (κ1) is 15.4. The Morgan fingerprint density at radius 3 is 2.62 bits per heavy atom. The second-order valence-corrected chi connectivity index (χ2v) is 5.71. The van der Waals surface area contributed by atoms with Crippen molar-refractivity contribution in [3.05, 3.63) is 11.9 Å². The summed E-state index contributed by atoms with van der Waals surface area (Å²) in [6, 6.07) is 0. The maximum absolute atomic E-state index is 11.9. The molecule has 8 heteroatoms. The van der Waals surface area contributed by atoms with Gasteiger partial charge in [-0.1, -0.05) is 18.1 Å². The van der Waals surface area contributed by atoms with Gasteiger partial charge in [-0.3, -0.25) is 4.79 Å². The Hall–Kier alpha value is -1.96. The third kappa shape index (κ3) is 3.57. The first-order chi connectivity index (χ1) is 9.93. The van der Waals surface area contributed by atoms with Gasteiger partial charge in [0, 0.05) is 12.1 Å². The van der Waals surface area contributed by atoms with Gasteiger partial charge in [-0.15, -0.1) is 5.10 Å². The number of carboxylic acids is 1. The Bertz CT molecular complexity index is 520. The summed E-state index contributed by atoms with van der Waals surface area (Å²) in [5.41, 5.74) is -0.132. The van der Waals surface area contributed by atoms with E-state index in [9.17, 15) is 9.59 Å². The number of carbonyl (C=O) groups excluding carboxylic acids is 1. The highest BCUT2D eigenvalue weighted by atomic mass is 16.4. The fourth-order valence-corrected chi connectivity index (χ4v) is 2.76. The Kier molecular flexibility index (Phi) is 4.56. The molecule has 0 aliphatic heterocycles. The van der Waals surface area contributed by atoms with E-state index in [0.29, 0.717) is 6.54 Å². The Morgan fingerprint density at radius 2 is 2.10 bits per heavy atom. The van der Waals surface area contributed by atoms with Crippen molar-refractivity contribution >= 4 is 11.9 Å². The van der Waals surface area contributed by atoms with Crippen LogP contribution in [0.1, 0.15) is 36.2 Å². The second kappa shape index (κ2) is 6.21. The van der Waals surface area contributed by atoms with Crippen LogP contribution in [0.25, 0.3) is 0 Å². The number of aromatic carboxylic acids is 1. The number of carbonyl (C=O) groups is 2. The van der Waals surface area contributed by atoms with Crippen molar-refractivity contribution in [1.82, 2.24) is 25.2 Å². The van der Waals surface area contributed by atoms with Crippen molar-refractivity contribution in [2.45, 2.75) is 37.8 Å². The normalized spacial score (nSPS) is 17.1. The molecule has 0 unspecified atom stereocenters. The van der Waals surface area contributed by atoms with Gasteiger partial charge >= 0.3 is 5.97 Å². The number of likely N-dealkylation sites (N-methyl/N-ethyl adjacent to an activating group) is 1. The van der Waals surface area contributed by atoms with Crippen molar-refractivity contribution in [3.63, 3.8) is 0 Å². The van der Waals surface area contributed by atoms with Crippen LogP contribution >= 0.6 is 0 Å². The van der Waals surface area contributed by atoms with Gasteiger partial charge in [-0.05, 0) is 26.9 Å². The van der Waals surface area contributed by atoms with Crippen molar-refractivity contribution in [2.24, 2.45) is 0 Å². The number of nitrogens with zero attached hydrogens (tertiary/aromatic N) is 4. The zero-order chi connectivity index (χ0) is 15.5. The molecule has 1 amide bonds. The lowest BCUT2D eigenvalue weighted by molar-refractivity contribution is -0.122. The first-order valence-corrected chi connectivity index (χ1v) is 7.00. The summed E-state index contributed by atoms with van der Waals surface area (Å²) in [4.78, 5) is 24.8. The molecule has 0 radical (unpaired) electrons.